The Morgan fingerprint density at radius 1 is 0.893 bits per heavy atom. The van der Waals surface area contributed by atoms with Crippen molar-refractivity contribution < 1.29 is 18.9 Å². The number of aromatic nitrogens is 1. The van der Waals surface area contributed by atoms with Gasteiger partial charge in [-0.05, 0) is 42.5 Å². The molecule has 6 nitrogen and oxygen atoms in total. The molecule has 0 radical (unpaired) electrons. The molecule has 0 atom stereocenters. The van der Waals surface area contributed by atoms with E-state index in [9.17, 15) is 0 Å². The summed E-state index contributed by atoms with van der Waals surface area (Å²) in [5, 5.41) is 2.08. The zero-order valence-corrected chi connectivity index (χ0v) is 17.3. The number of nitrogens with zero attached hydrogens (tertiary/aromatic N) is 2. The zero-order valence-electron chi connectivity index (χ0n) is 16.5. The summed E-state index contributed by atoms with van der Waals surface area (Å²) in [5.74, 6) is 2.36. The third-order valence-electron chi connectivity index (χ3n) is 4.30. The van der Waals surface area contributed by atoms with Gasteiger partial charge in [0, 0.05) is 24.6 Å². The number of methoxy groups -OCH3 is 4. The second kappa shape index (κ2) is 9.43. The van der Waals surface area contributed by atoms with Crippen LogP contribution >= 0.6 is 11.3 Å². The maximum Gasteiger partial charge on any atom is 0.190 e. The maximum absolute atomic E-state index is 5.57. The van der Waals surface area contributed by atoms with E-state index in [0.29, 0.717) is 13.2 Å². The second-order valence-corrected chi connectivity index (χ2v) is 6.76. The van der Waals surface area contributed by atoms with Gasteiger partial charge in [0.05, 0.1) is 39.3 Å². The van der Waals surface area contributed by atoms with Gasteiger partial charge in [-0.1, -0.05) is 0 Å². The lowest BCUT2D eigenvalue weighted by atomic mass is 10.1. The summed E-state index contributed by atoms with van der Waals surface area (Å²) in [6, 6.07) is 13.4. The average Bonchev–Trinajstić information content (AvgIpc) is 3.14. The Hall–Kier alpha value is -2.77. The van der Waals surface area contributed by atoms with E-state index in [-0.39, 0.29) is 0 Å². The van der Waals surface area contributed by atoms with Crippen LogP contribution in [0, 0.1) is 0 Å². The van der Waals surface area contributed by atoms with Crippen molar-refractivity contribution in [3.05, 3.63) is 52.6 Å². The maximum atomic E-state index is 5.57. The van der Waals surface area contributed by atoms with Crippen molar-refractivity contribution in [2.24, 2.45) is 4.99 Å². The van der Waals surface area contributed by atoms with Gasteiger partial charge < -0.3 is 23.5 Å². The molecule has 3 rings (SSSR count). The van der Waals surface area contributed by atoms with Crippen LogP contribution in [0.5, 0.6) is 17.2 Å². The van der Waals surface area contributed by atoms with Gasteiger partial charge in [-0.25, -0.2) is 4.99 Å². The standard InChI is InChI=1S/C21H24N2O4S/c1-24-12-11-23-19(18-13-17(26-3)9-10-20(18)27-4)14-28-21(23)22-15-5-7-16(25-2)8-6-15/h5-10,13-14H,11-12H2,1-4H3. The summed E-state index contributed by atoms with van der Waals surface area (Å²) in [5.41, 5.74) is 2.81. The van der Waals surface area contributed by atoms with Crippen molar-refractivity contribution >= 4 is 17.0 Å². The smallest absolute Gasteiger partial charge is 0.190 e. The van der Waals surface area contributed by atoms with Crippen LogP contribution in [0.15, 0.2) is 52.8 Å². The number of hydrogen-bond donors (Lipinski definition) is 0. The zero-order chi connectivity index (χ0) is 19.9. The Kier molecular flexibility index (Phi) is 6.73. The van der Waals surface area contributed by atoms with Crippen LogP contribution in [0.1, 0.15) is 0 Å². The Labute approximate surface area is 168 Å². The molecule has 0 saturated heterocycles. The second-order valence-electron chi connectivity index (χ2n) is 5.92. The fraction of sp³-hybridized carbons (Fsp3) is 0.286. The van der Waals surface area contributed by atoms with Crippen molar-refractivity contribution in [2.75, 3.05) is 35.0 Å². The highest BCUT2D eigenvalue weighted by atomic mass is 32.1. The quantitative estimate of drug-likeness (QED) is 0.571. The molecule has 0 saturated carbocycles. The summed E-state index contributed by atoms with van der Waals surface area (Å²) < 4.78 is 23.6. The molecule has 2 aromatic carbocycles. The summed E-state index contributed by atoms with van der Waals surface area (Å²) in [6.07, 6.45) is 0. The fourth-order valence-electron chi connectivity index (χ4n) is 2.81. The first-order valence-corrected chi connectivity index (χ1v) is 9.66. The SMILES string of the molecule is COCCn1c(-c2cc(OC)ccc2OC)csc1=Nc1ccc(OC)cc1. The molecular formula is C21H24N2O4S. The van der Waals surface area contributed by atoms with Gasteiger partial charge in [-0.2, -0.15) is 0 Å². The minimum atomic E-state index is 0.575. The van der Waals surface area contributed by atoms with Crippen LogP contribution in [0.2, 0.25) is 0 Å². The monoisotopic (exact) mass is 400 g/mol. The van der Waals surface area contributed by atoms with Gasteiger partial charge in [-0.3, -0.25) is 0 Å². The molecule has 7 heteroatoms. The summed E-state index contributed by atoms with van der Waals surface area (Å²) >= 11 is 1.57. The molecule has 0 amide bonds. The molecule has 0 N–H and O–H groups in total. The number of thiazole rings is 1. The third-order valence-corrected chi connectivity index (χ3v) is 5.16. The molecule has 148 valence electrons. The molecular weight excluding hydrogens is 376 g/mol. The highest BCUT2D eigenvalue weighted by molar-refractivity contribution is 7.07. The molecule has 0 unspecified atom stereocenters. The minimum Gasteiger partial charge on any atom is -0.497 e. The van der Waals surface area contributed by atoms with Crippen molar-refractivity contribution in [1.29, 1.82) is 0 Å². The summed E-state index contributed by atoms with van der Waals surface area (Å²) in [7, 11) is 6.67. The van der Waals surface area contributed by atoms with Crippen LogP contribution in [-0.2, 0) is 11.3 Å². The van der Waals surface area contributed by atoms with E-state index in [4.69, 9.17) is 23.9 Å². The Bertz CT molecular complexity index is 977. The number of ether oxygens (including phenoxy) is 4. The topological polar surface area (TPSA) is 54.2 Å². The van der Waals surface area contributed by atoms with Crippen LogP contribution in [0.25, 0.3) is 11.3 Å². The number of rotatable bonds is 8. The van der Waals surface area contributed by atoms with E-state index in [1.54, 1.807) is 39.8 Å². The van der Waals surface area contributed by atoms with Crippen LogP contribution in [0.3, 0.4) is 0 Å². The van der Waals surface area contributed by atoms with Gasteiger partial charge in [0.15, 0.2) is 4.80 Å². The number of benzene rings is 2. The van der Waals surface area contributed by atoms with E-state index in [2.05, 4.69) is 9.95 Å². The van der Waals surface area contributed by atoms with E-state index in [0.717, 1.165) is 39.0 Å². The normalized spacial score (nSPS) is 11.5. The van der Waals surface area contributed by atoms with E-state index in [1.807, 2.05) is 42.5 Å². The Morgan fingerprint density at radius 2 is 1.61 bits per heavy atom. The lowest BCUT2D eigenvalue weighted by molar-refractivity contribution is 0.187. The molecule has 0 aliphatic heterocycles. The molecule has 28 heavy (non-hydrogen) atoms. The summed E-state index contributed by atoms with van der Waals surface area (Å²) in [6.45, 7) is 1.25. The molecule has 0 aliphatic rings. The molecule has 3 aromatic rings. The Balaban J connectivity index is 2.11. The lowest BCUT2D eigenvalue weighted by Crippen LogP contribution is -2.18. The van der Waals surface area contributed by atoms with Gasteiger partial charge >= 0.3 is 0 Å². The highest BCUT2D eigenvalue weighted by Gasteiger charge is 2.14. The predicted molar refractivity (Wildman–Crippen MR) is 111 cm³/mol. The van der Waals surface area contributed by atoms with Crippen LogP contribution in [-0.4, -0.2) is 39.6 Å². The van der Waals surface area contributed by atoms with Gasteiger partial charge in [0.25, 0.3) is 0 Å². The molecule has 1 heterocycles. The third kappa shape index (κ3) is 4.37. The average molecular weight is 401 g/mol. The van der Waals surface area contributed by atoms with Crippen molar-refractivity contribution in [3.8, 4) is 28.5 Å². The van der Waals surface area contributed by atoms with Gasteiger partial charge in [-0.15, -0.1) is 11.3 Å². The summed E-state index contributed by atoms with van der Waals surface area (Å²) in [4.78, 5) is 5.69. The molecule has 0 fully saturated rings. The molecule has 0 aliphatic carbocycles. The molecule has 0 bridgehead atoms. The minimum absolute atomic E-state index is 0.575. The first-order valence-electron chi connectivity index (χ1n) is 8.78. The molecule has 1 aromatic heterocycles. The predicted octanol–water partition coefficient (Wildman–Crippen LogP) is 4.12. The van der Waals surface area contributed by atoms with E-state index in [1.165, 1.54) is 0 Å². The van der Waals surface area contributed by atoms with Crippen LogP contribution in [0.4, 0.5) is 5.69 Å². The van der Waals surface area contributed by atoms with Gasteiger partial charge in [0.1, 0.15) is 17.2 Å². The van der Waals surface area contributed by atoms with E-state index < -0.39 is 0 Å². The van der Waals surface area contributed by atoms with Crippen molar-refractivity contribution in [2.45, 2.75) is 6.54 Å². The molecule has 0 spiro atoms. The highest BCUT2D eigenvalue weighted by Crippen LogP contribution is 2.33. The largest absolute Gasteiger partial charge is 0.497 e. The van der Waals surface area contributed by atoms with Crippen LogP contribution < -0.4 is 19.0 Å². The Morgan fingerprint density at radius 3 is 2.25 bits per heavy atom. The van der Waals surface area contributed by atoms with Gasteiger partial charge in [0.2, 0.25) is 0 Å². The first kappa shape index (κ1) is 20.0. The number of hydrogen-bond acceptors (Lipinski definition) is 6. The van der Waals surface area contributed by atoms with Crippen molar-refractivity contribution in [1.82, 2.24) is 4.57 Å². The lowest BCUT2D eigenvalue weighted by Gasteiger charge is -2.13. The van der Waals surface area contributed by atoms with E-state index >= 15 is 0 Å². The fourth-order valence-corrected chi connectivity index (χ4v) is 3.76. The van der Waals surface area contributed by atoms with Crippen molar-refractivity contribution in [3.63, 3.8) is 0 Å². The first-order chi connectivity index (χ1) is 13.7.